The molecule has 0 bridgehead atoms. The molecule has 0 aliphatic rings. The Morgan fingerprint density at radius 1 is 1.11 bits per heavy atom. The van der Waals surface area contributed by atoms with Crippen molar-refractivity contribution in [2.45, 2.75) is 72.3 Å². The molecule has 0 heterocycles. The van der Waals surface area contributed by atoms with Crippen molar-refractivity contribution < 1.29 is 14.3 Å². The summed E-state index contributed by atoms with van der Waals surface area (Å²) in [7, 11) is 0. The summed E-state index contributed by atoms with van der Waals surface area (Å²) in [4.78, 5) is 22.5. The van der Waals surface area contributed by atoms with Gasteiger partial charge in [-0.2, -0.15) is 0 Å². The van der Waals surface area contributed by atoms with Crippen LogP contribution in [0.4, 0.5) is 0 Å². The fourth-order valence-electron chi connectivity index (χ4n) is 1.81. The number of unbranched alkanes of at least 4 members (excludes halogenated alkanes) is 3. The van der Waals surface area contributed by atoms with Crippen LogP contribution in [0.15, 0.2) is 0 Å². The van der Waals surface area contributed by atoms with Gasteiger partial charge in [-0.25, -0.2) is 0 Å². The predicted octanol–water partition coefficient (Wildman–Crippen LogP) is 3.05. The molecule has 112 valence electrons. The number of amides is 1. The van der Waals surface area contributed by atoms with E-state index in [-0.39, 0.29) is 23.9 Å². The summed E-state index contributed by atoms with van der Waals surface area (Å²) in [5, 5.41) is 2.69. The van der Waals surface area contributed by atoms with Crippen LogP contribution in [0.2, 0.25) is 0 Å². The van der Waals surface area contributed by atoms with Gasteiger partial charge in [0, 0.05) is 13.5 Å². The van der Waals surface area contributed by atoms with Crippen LogP contribution in [0.1, 0.15) is 66.2 Å². The van der Waals surface area contributed by atoms with Crippen molar-refractivity contribution in [3.8, 4) is 0 Å². The van der Waals surface area contributed by atoms with Crippen LogP contribution in [0, 0.1) is 5.92 Å². The van der Waals surface area contributed by atoms with Gasteiger partial charge in [0.25, 0.3) is 0 Å². The topological polar surface area (TPSA) is 55.4 Å². The number of hydrogen-bond donors (Lipinski definition) is 1. The average molecular weight is 271 g/mol. The molecule has 1 amide bonds. The molecular weight excluding hydrogens is 242 g/mol. The van der Waals surface area contributed by atoms with E-state index in [1.165, 1.54) is 26.2 Å². The molecule has 0 rings (SSSR count). The standard InChI is InChI=1S/C15H29NO3/c1-5-6-7-8-9-13(3)19-15(18)12(2)10-11-16-14(4)17/h12-13H,5-11H2,1-4H3,(H,16,17)/t12-,13+/m1/s1. The highest BCUT2D eigenvalue weighted by Gasteiger charge is 2.17. The third-order valence-corrected chi connectivity index (χ3v) is 3.14. The number of carbonyl (C=O) groups excluding carboxylic acids is 2. The lowest BCUT2D eigenvalue weighted by Crippen LogP contribution is -2.27. The zero-order chi connectivity index (χ0) is 14.7. The lowest BCUT2D eigenvalue weighted by Gasteiger charge is -2.16. The summed E-state index contributed by atoms with van der Waals surface area (Å²) in [6, 6.07) is 0. The van der Waals surface area contributed by atoms with Crippen LogP contribution in [0.5, 0.6) is 0 Å². The molecule has 1 N–H and O–H groups in total. The molecule has 0 aromatic carbocycles. The summed E-state index contributed by atoms with van der Waals surface area (Å²) < 4.78 is 5.40. The maximum Gasteiger partial charge on any atom is 0.308 e. The molecule has 0 saturated carbocycles. The fraction of sp³-hybridized carbons (Fsp3) is 0.867. The molecule has 0 saturated heterocycles. The second-order valence-electron chi connectivity index (χ2n) is 5.27. The van der Waals surface area contributed by atoms with Gasteiger partial charge in [0.05, 0.1) is 12.0 Å². The lowest BCUT2D eigenvalue weighted by atomic mass is 10.1. The molecular formula is C15H29NO3. The Morgan fingerprint density at radius 2 is 1.79 bits per heavy atom. The van der Waals surface area contributed by atoms with Crippen LogP contribution >= 0.6 is 0 Å². The number of ether oxygens (including phenoxy) is 1. The van der Waals surface area contributed by atoms with E-state index in [1.54, 1.807) is 0 Å². The highest BCUT2D eigenvalue weighted by Crippen LogP contribution is 2.11. The molecule has 0 spiro atoms. The zero-order valence-electron chi connectivity index (χ0n) is 12.8. The first kappa shape index (κ1) is 17.9. The van der Waals surface area contributed by atoms with Gasteiger partial charge in [-0.15, -0.1) is 0 Å². The largest absolute Gasteiger partial charge is 0.462 e. The zero-order valence-corrected chi connectivity index (χ0v) is 12.8. The molecule has 0 aromatic heterocycles. The van der Waals surface area contributed by atoms with Crippen LogP contribution in [0.3, 0.4) is 0 Å². The molecule has 0 aliphatic heterocycles. The van der Waals surface area contributed by atoms with Crippen molar-refractivity contribution in [2.24, 2.45) is 5.92 Å². The van der Waals surface area contributed by atoms with Gasteiger partial charge >= 0.3 is 5.97 Å². The van der Waals surface area contributed by atoms with Crippen molar-refractivity contribution in [1.29, 1.82) is 0 Å². The summed E-state index contributed by atoms with van der Waals surface area (Å²) >= 11 is 0. The summed E-state index contributed by atoms with van der Waals surface area (Å²) in [6.07, 6.45) is 6.33. The van der Waals surface area contributed by atoms with E-state index in [2.05, 4.69) is 12.2 Å². The molecule has 4 heteroatoms. The SMILES string of the molecule is CCCCCC[C@H](C)OC(=O)[C@H](C)CCNC(C)=O. The Labute approximate surface area is 117 Å². The van der Waals surface area contributed by atoms with Crippen molar-refractivity contribution in [2.75, 3.05) is 6.54 Å². The number of carbonyl (C=O) groups is 2. The third kappa shape index (κ3) is 10.5. The third-order valence-electron chi connectivity index (χ3n) is 3.14. The van der Waals surface area contributed by atoms with E-state index < -0.39 is 0 Å². The monoisotopic (exact) mass is 271 g/mol. The Morgan fingerprint density at radius 3 is 2.37 bits per heavy atom. The highest BCUT2D eigenvalue weighted by atomic mass is 16.5. The molecule has 2 atom stereocenters. The first-order valence-electron chi connectivity index (χ1n) is 7.42. The molecule has 0 aliphatic carbocycles. The van der Waals surface area contributed by atoms with Crippen molar-refractivity contribution in [1.82, 2.24) is 5.32 Å². The van der Waals surface area contributed by atoms with Crippen molar-refractivity contribution >= 4 is 11.9 Å². The quantitative estimate of drug-likeness (QED) is 0.491. The molecule has 19 heavy (non-hydrogen) atoms. The van der Waals surface area contributed by atoms with Gasteiger partial charge in [-0.05, 0) is 26.2 Å². The first-order valence-corrected chi connectivity index (χ1v) is 7.42. The van der Waals surface area contributed by atoms with E-state index in [4.69, 9.17) is 4.74 Å². The maximum absolute atomic E-state index is 11.8. The molecule has 0 aromatic rings. The van der Waals surface area contributed by atoms with E-state index in [1.807, 2.05) is 13.8 Å². The van der Waals surface area contributed by atoms with Gasteiger partial charge in [-0.3, -0.25) is 9.59 Å². The lowest BCUT2D eigenvalue weighted by molar-refractivity contribution is -0.153. The second kappa shape index (κ2) is 10.8. The summed E-state index contributed by atoms with van der Waals surface area (Å²) in [6.45, 7) is 7.97. The minimum absolute atomic E-state index is 0.00688. The second-order valence-corrected chi connectivity index (χ2v) is 5.27. The summed E-state index contributed by atoms with van der Waals surface area (Å²) in [5.41, 5.74) is 0. The Bertz CT molecular complexity index is 266. The van der Waals surface area contributed by atoms with E-state index in [9.17, 15) is 9.59 Å². The average Bonchev–Trinajstić information content (AvgIpc) is 2.34. The minimum Gasteiger partial charge on any atom is -0.462 e. The van der Waals surface area contributed by atoms with Gasteiger partial charge in [0.15, 0.2) is 0 Å². The van der Waals surface area contributed by atoms with Gasteiger partial charge in [0.1, 0.15) is 0 Å². The van der Waals surface area contributed by atoms with Crippen LogP contribution in [-0.2, 0) is 14.3 Å². The molecule has 0 unspecified atom stereocenters. The number of esters is 1. The summed E-state index contributed by atoms with van der Waals surface area (Å²) in [5.74, 6) is -0.386. The smallest absolute Gasteiger partial charge is 0.308 e. The van der Waals surface area contributed by atoms with E-state index in [0.717, 1.165) is 12.8 Å². The Kier molecular flexibility index (Phi) is 10.2. The van der Waals surface area contributed by atoms with Crippen LogP contribution < -0.4 is 5.32 Å². The Hall–Kier alpha value is -1.06. The minimum atomic E-state index is -0.162. The molecule has 0 radical (unpaired) electrons. The van der Waals surface area contributed by atoms with E-state index in [0.29, 0.717) is 13.0 Å². The van der Waals surface area contributed by atoms with Crippen molar-refractivity contribution in [3.63, 3.8) is 0 Å². The van der Waals surface area contributed by atoms with Gasteiger partial charge < -0.3 is 10.1 Å². The maximum atomic E-state index is 11.8. The van der Waals surface area contributed by atoms with Crippen LogP contribution in [0.25, 0.3) is 0 Å². The first-order chi connectivity index (χ1) is 8.97. The van der Waals surface area contributed by atoms with E-state index >= 15 is 0 Å². The van der Waals surface area contributed by atoms with Gasteiger partial charge in [-0.1, -0.05) is 33.1 Å². The van der Waals surface area contributed by atoms with Gasteiger partial charge in [0.2, 0.25) is 5.91 Å². The Balaban J connectivity index is 3.72. The highest BCUT2D eigenvalue weighted by molar-refractivity contribution is 5.73. The number of rotatable bonds is 10. The normalized spacial score (nSPS) is 13.7. The number of hydrogen-bond acceptors (Lipinski definition) is 3. The molecule has 4 nitrogen and oxygen atoms in total. The molecule has 0 fully saturated rings. The fourth-order valence-corrected chi connectivity index (χ4v) is 1.81. The predicted molar refractivity (Wildman–Crippen MR) is 76.8 cm³/mol. The van der Waals surface area contributed by atoms with Crippen LogP contribution in [-0.4, -0.2) is 24.5 Å². The van der Waals surface area contributed by atoms with Crippen molar-refractivity contribution in [3.05, 3.63) is 0 Å². The number of nitrogens with one attached hydrogen (secondary N) is 1.